The third kappa shape index (κ3) is 4.70. The first-order chi connectivity index (χ1) is 14.9. The van der Waals surface area contributed by atoms with E-state index in [1.54, 1.807) is 0 Å². The van der Waals surface area contributed by atoms with Gasteiger partial charge in [0.2, 0.25) is 0 Å². The fourth-order valence-corrected chi connectivity index (χ4v) is 3.94. The normalized spacial score (nSPS) is 15.7. The fourth-order valence-electron chi connectivity index (χ4n) is 3.94. The Hall–Kier alpha value is -2.96. The molecule has 1 fully saturated rings. The van der Waals surface area contributed by atoms with Crippen molar-refractivity contribution in [2.45, 2.75) is 26.8 Å². The van der Waals surface area contributed by atoms with Crippen LogP contribution in [0, 0.1) is 20.8 Å². The highest BCUT2D eigenvalue weighted by atomic mass is 16.5. The predicted molar refractivity (Wildman–Crippen MR) is 121 cm³/mol. The van der Waals surface area contributed by atoms with Crippen LogP contribution < -0.4 is 10.7 Å². The average Bonchev–Trinajstić information content (AvgIpc) is 2.77. The summed E-state index contributed by atoms with van der Waals surface area (Å²) in [6, 6.07) is 13.3. The molecule has 0 bridgehead atoms. The number of carbonyl (C=O) groups excluding carboxylic acids is 1. The van der Waals surface area contributed by atoms with E-state index in [2.05, 4.69) is 41.4 Å². The molecule has 1 atom stereocenters. The summed E-state index contributed by atoms with van der Waals surface area (Å²) < 4.78 is 11.3. The van der Waals surface area contributed by atoms with E-state index in [1.165, 1.54) is 11.6 Å². The number of fused-ring (bicyclic) bond motifs is 1. The van der Waals surface area contributed by atoms with Gasteiger partial charge in [-0.05, 0) is 49.6 Å². The summed E-state index contributed by atoms with van der Waals surface area (Å²) in [5, 5.41) is 3.46. The van der Waals surface area contributed by atoms with Gasteiger partial charge in [-0.2, -0.15) is 0 Å². The van der Waals surface area contributed by atoms with E-state index in [-0.39, 0.29) is 23.1 Å². The Labute approximate surface area is 181 Å². The maximum atomic E-state index is 12.9. The van der Waals surface area contributed by atoms with Crippen molar-refractivity contribution in [1.29, 1.82) is 0 Å². The molecule has 0 unspecified atom stereocenters. The second kappa shape index (κ2) is 9.04. The van der Waals surface area contributed by atoms with Gasteiger partial charge in [-0.25, -0.2) is 0 Å². The molecule has 1 aliphatic heterocycles. The van der Waals surface area contributed by atoms with Crippen molar-refractivity contribution in [2.75, 3.05) is 32.8 Å². The van der Waals surface area contributed by atoms with E-state index < -0.39 is 0 Å². The van der Waals surface area contributed by atoms with Crippen LogP contribution in [0.25, 0.3) is 11.0 Å². The van der Waals surface area contributed by atoms with Gasteiger partial charge in [-0.15, -0.1) is 0 Å². The number of aryl methyl sites for hydroxylation is 3. The lowest BCUT2D eigenvalue weighted by Crippen LogP contribution is -2.43. The monoisotopic (exact) mass is 420 g/mol. The van der Waals surface area contributed by atoms with Crippen LogP contribution in [0.3, 0.4) is 0 Å². The second-order valence-electron chi connectivity index (χ2n) is 8.19. The molecule has 1 aromatic heterocycles. The maximum absolute atomic E-state index is 12.9. The number of hydrogen-bond acceptors (Lipinski definition) is 5. The van der Waals surface area contributed by atoms with Crippen LogP contribution in [0.1, 0.15) is 38.9 Å². The van der Waals surface area contributed by atoms with Crippen molar-refractivity contribution in [2.24, 2.45) is 0 Å². The molecule has 1 saturated heterocycles. The molecule has 1 amide bonds. The SMILES string of the molecule is Cc1ccc([C@@H](CNC(=O)c2cc(=O)c3cc(C)c(C)cc3o2)N2CCOCC2)cc1. The van der Waals surface area contributed by atoms with Crippen molar-refractivity contribution in [3.63, 3.8) is 0 Å². The Bertz CT molecular complexity index is 1140. The molecule has 0 aliphatic carbocycles. The van der Waals surface area contributed by atoms with E-state index in [0.717, 1.165) is 29.8 Å². The molecular formula is C25H28N2O4. The average molecular weight is 421 g/mol. The van der Waals surface area contributed by atoms with Crippen molar-refractivity contribution < 1.29 is 13.9 Å². The number of rotatable bonds is 5. The van der Waals surface area contributed by atoms with Crippen LogP contribution in [0.15, 0.2) is 51.7 Å². The lowest BCUT2D eigenvalue weighted by molar-refractivity contribution is 0.0161. The summed E-state index contributed by atoms with van der Waals surface area (Å²) in [5.74, 6) is -0.354. The minimum atomic E-state index is -0.386. The standard InChI is InChI=1S/C25H28N2O4/c1-16-4-6-19(7-5-16)21(27-8-10-30-11-9-27)15-26-25(29)24-14-22(28)20-12-17(2)18(3)13-23(20)31-24/h4-7,12-14,21H,8-11,15H2,1-3H3,(H,26,29)/t21-/m1/s1. The van der Waals surface area contributed by atoms with Gasteiger partial charge in [0.1, 0.15) is 5.58 Å². The van der Waals surface area contributed by atoms with Gasteiger partial charge in [-0.3, -0.25) is 14.5 Å². The molecule has 4 rings (SSSR count). The van der Waals surface area contributed by atoms with Gasteiger partial charge in [0, 0.05) is 25.7 Å². The molecule has 6 heteroatoms. The lowest BCUT2D eigenvalue weighted by Gasteiger charge is -2.35. The van der Waals surface area contributed by atoms with Crippen molar-refractivity contribution in [3.05, 3.63) is 80.7 Å². The Morgan fingerprint density at radius 3 is 2.42 bits per heavy atom. The Kier molecular flexibility index (Phi) is 6.20. The van der Waals surface area contributed by atoms with Gasteiger partial charge in [0.25, 0.3) is 5.91 Å². The van der Waals surface area contributed by atoms with Gasteiger partial charge in [0.15, 0.2) is 11.2 Å². The molecule has 0 spiro atoms. The number of nitrogens with one attached hydrogen (secondary N) is 1. The summed E-state index contributed by atoms with van der Waals surface area (Å²) in [7, 11) is 0. The smallest absolute Gasteiger partial charge is 0.287 e. The molecule has 1 N–H and O–H groups in total. The third-order valence-electron chi connectivity index (χ3n) is 5.97. The predicted octanol–water partition coefficient (Wildman–Crippen LogP) is 3.52. The highest BCUT2D eigenvalue weighted by Crippen LogP contribution is 2.22. The van der Waals surface area contributed by atoms with Gasteiger partial charge in [-0.1, -0.05) is 29.8 Å². The molecule has 1 aliphatic rings. The number of ether oxygens (including phenoxy) is 1. The summed E-state index contributed by atoms with van der Waals surface area (Å²) in [4.78, 5) is 27.7. The molecular weight excluding hydrogens is 392 g/mol. The zero-order chi connectivity index (χ0) is 22.0. The Balaban J connectivity index is 1.56. The van der Waals surface area contributed by atoms with Crippen molar-refractivity contribution in [1.82, 2.24) is 10.2 Å². The van der Waals surface area contributed by atoms with E-state index in [1.807, 2.05) is 26.0 Å². The Morgan fingerprint density at radius 2 is 1.71 bits per heavy atom. The summed E-state index contributed by atoms with van der Waals surface area (Å²) >= 11 is 0. The van der Waals surface area contributed by atoms with E-state index in [4.69, 9.17) is 9.15 Å². The molecule has 6 nitrogen and oxygen atoms in total. The number of nitrogens with zero attached hydrogens (tertiary/aromatic N) is 1. The van der Waals surface area contributed by atoms with Crippen LogP contribution in [0.5, 0.6) is 0 Å². The second-order valence-corrected chi connectivity index (χ2v) is 8.19. The van der Waals surface area contributed by atoms with Crippen molar-refractivity contribution >= 4 is 16.9 Å². The first-order valence-electron chi connectivity index (χ1n) is 10.6. The van der Waals surface area contributed by atoms with Crippen LogP contribution >= 0.6 is 0 Å². The van der Waals surface area contributed by atoms with E-state index in [9.17, 15) is 9.59 Å². The fraction of sp³-hybridized carbons (Fsp3) is 0.360. The van der Waals surface area contributed by atoms with Crippen LogP contribution in [0.2, 0.25) is 0 Å². The maximum Gasteiger partial charge on any atom is 0.287 e. The number of benzene rings is 2. The van der Waals surface area contributed by atoms with Gasteiger partial charge < -0.3 is 14.5 Å². The topological polar surface area (TPSA) is 71.8 Å². The van der Waals surface area contributed by atoms with Gasteiger partial charge in [0.05, 0.1) is 24.6 Å². The molecule has 2 heterocycles. The minimum absolute atomic E-state index is 0.0190. The highest BCUT2D eigenvalue weighted by molar-refractivity contribution is 5.93. The molecule has 0 saturated carbocycles. The van der Waals surface area contributed by atoms with E-state index in [0.29, 0.717) is 30.7 Å². The molecule has 3 aromatic rings. The van der Waals surface area contributed by atoms with Crippen LogP contribution in [-0.2, 0) is 4.74 Å². The summed E-state index contributed by atoms with van der Waals surface area (Å²) in [5.41, 5.74) is 4.58. The number of morpholine rings is 1. The number of amides is 1. The zero-order valence-electron chi connectivity index (χ0n) is 18.2. The molecule has 162 valence electrons. The largest absolute Gasteiger partial charge is 0.451 e. The van der Waals surface area contributed by atoms with E-state index >= 15 is 0 Å². The first-order valence-corrected chi connectivity index (χ1v) is 10.6. The van der Waals surface area contributed by atoms with Crippen LogP contribution in [-0.4, -0.2) is 43.7 Å². The molecule has 2 aromatic carbocycles. The highest BCUT2D eigenvalue weighted by Gasteiger charge is 2.24. The number of carbonyl (C=O) groups is 1. The Morgan fingerprint density at radius 1 is 1.03 bits per heavy atom. The number of hydrogen-bond donors (Lipinski definition) is 1. The van der Waals surface area contributed by atoms with Gasteiger partial charge >= 0.3 is 0 Å². The summed E-state index contributed by atoms with van der Waals surface area (Å²) in [6.45, 7) is 9.33. The molecule has 0 radical (unpaired) electrons. The quantitative estimate of drug-likeness (QED) is 0.684. The minimum Gasteiger partial charge on any atom is -0.451 e. The molecule has 31 heavy (non-hydrogen) atoms. The first kappa shape index (κ1) is 21.3. The summed E-state index contributed by atoms with van der Waals surface area (Å²) in [6.07, 6.45) is 0. The van der Waals surface area contributed by atoms with Crippen molar-refractivity contribution in [3.8, 4) is 0 Å². The third-order valence-corrected chi connectivity index (χ3v) is 5.97. The van der Waals surface area contributed by atoms with Crippen LogP contribution in [0.4, 0.5) is 0 Å². The zero-order valence-corrected chi connectivity index (χ0v) is 18.2. The lowest BCUT2D eigenvalue weighted by atomic mass is 10.0.